The molecule has 0 radical (unpaired) electrons. The van der Waals surface area contributed by atoms with Crippen molar-refractivity contribution >= 4 is 33.5 Å². The molecule has 33 heavy (non-hydrogen) atoms. The van der Waals surface area contributed by atoms with Crippen molar-refractivity contribution in [2.45, 2.75) is 12.7 Å². The van der Waals surface area contributed by atoms with Crippen LogP contribution < -0.4 is 14.5 Å². The highest BCUT2D eigenvalue weighted by atomic mass is 32.2. The number of esters is 1. The summed E-state index contributed by atoms with van der Waals surface area (Å²) in [6.45, 7) is 2.26. The Bertz CT molecular complexity index is 1190. The van der Waals surface area contributed by atoms with Crippen molar-refractivity contribution in [2.24, 2.45) is 5.92 Å². The second-order valence-electron chi connectivity index (χ2n) is 7.77. The highest BCUT2D eigenvalue weighted by Crippen LogP contribution is 2.31. The van der Waals surface area contributed by atoms with Crippen LogP contribution >= 0.6 is 0 Å². The Kier molecular flexibility index (Phi) is 7.18. The lowest BCUT2D eigenvalue weighted by molar-refractivity contribution is -0.123. The van der Waals surface area contributed by atoms with E-state index in [9.17, 15) is 23.3 Å². The Labute approximate surface area is 192 Å². The number of nitrogens with zero attached hydrogens (tertiary/aromatic N) is 4. The molecule has 1 aliphatic rings. The van der Waals surface area contributed by atoms with E-state index in [2.05, 4.69) is 9.71 Å². The topological polar surface area (TPSA) is 133 Å². The number of carbonyl (C=O) groups excluding carboxylic acids is 2. The third-order valence-corrected chi connectivity index (χ3v) is 6.25. The molecule has 10 nitrogen and oxygen atoms in total. The molecule has 1 fully saturated rings. The van der Waals surface area contributed by atoms with Crippen LogP contribution in [0.2, 0.25) is 0 Å². The fourth-order valence-electron chi connectivity index (χ4n) is 3.40. The van der Waals surface area contributed by atoms with Crippen molar-refractivity contribution in [3.05, 3.63) is 53.1 Å². The molecule has 0 saturated carbocycles. The van der Waals surface area contributed by atoms with E-state index in [1.165, 1.54) is 6.07 Å². The number of ether oxygens (including phenoxy) is 1. The molecule has 0 aliphatic carbocycles. The largest absolute Gasteiger partial charge is 0.462 e. The van der Waals surface area contributed by atoms with Crippen molar-refractivity contribution in [1.82, 2.24) is 9.71 Å². The number of pyridine rings is 1. The number of rotatable bonds is 8. The first-order chi connectivity index (χ1) is 15.6. The molecule has 1 aromatic heterocycles. The number of aromatic nitrogens is 1. The van der Waals surface area contributed by atoms with Gasteiger partial charge < -0.3 is 14.5 Å². The number of hydrogen-bond donors (Lipinski definition) is 1. The Morgan fingerprint density at radius 2 is 1.94 bits per heavy atom. The average Bonchev–Trinajstić information content (AvgIpc) is 2.72. The van der Waals surface area contributed by atoms with Crippen molar-refractivity contribution in [3.8, 4) is 6.07 Å². The first kappa shape index (κ1) is 24.0. The summed E-state index contributed by atoms with van der Waals surface area (Å²) in [6, 6.07) is 12.0. The van der Waals surface area contributed by atoms with Crippen molar-refractivity contribution in [1.29, 1.82) is 5.26 Å². The zero-order valence-corrected chi connectivity index (χ0v) is 19.4. The quantitative estimate of drug-likeness (QED) is 0.565. The van der Waals surface area contributed by atoms with Gasteiger partial charge >= 0.3 is 5.97 Å². The molecule has 1 aliphatic heterocycles. The Morgan fingerprint density at radius 1 is 1.27 bits per heavy atom. The summed E-state index contributed by atoms with van der Waals surface area (Å²) >= 11 is 0. The van der Waals surface area contributed by atoms with Gasteiger partial charge in [0.05, 0.1) is 23.8 Å². The number of sulfonamides is 1. The maximum absolute atomic E-state index is 12.5. The lowest BCUT2D eigenvalue weighted by Crippen LogP contribution is -2.55. The highest BCUT2D eigenvalue weighted by molar-refractivity contribution is 7.89. The number of nitrogens with one attached hydrogen (secondary N) is 1. The van der Waals surface area contributed by atoms with Gasteiger partial charge in [0.25, 0.3) is 0 Å². The molecule has 2 aromatic rings. The van der Waals surface area contributed by atoms with Gasteiger partial charge in [-0.05, 0) is 18.6 Å². The molecular weight excluding hydrogens is 446 g/mol. The SMILES string of the molecule is CCOC(=O)c1cc(C#N)c(N2CC(C(=O)NS(=O)(=O)Cc3ccccc3)C2)nc1N(C)C. The predicted octanol–water partition coefficient (Wildman–Crippen LogP) is 1.28. The molecule has 1 N–H and O–H groups in total. The maximum Gasteiger partial charge on any atom is 0.341 e. The normalized spacial score (nSPS) is 13.6. The van der Waals surface area contributed by atoms with Gasteiger partial charge in [0, 0.05) is 27.2 Å². The van der Waals surface area contributed by atoms with E-state index in [0.717, 1.165) is 0 Å². The molecule has 11 heteroatoms. The number of carbonyl (C=O) groups is 2. The minimum absolute atomic E-state index is 0.166. The average molecular weight is 472 g/mol. The molecule has 2 heterocycles. The van der Waals surface area contributed by atoms with E-state index in [1.54, 1.807) is 61.2 Å². The summed E-state index contributed by atoms with van der Waals surface area (Å²) < 4.78 is 31.8. The molecular formula is C22H25N5O5S. The van der Waals surface area contributed by atoms with Crippen LogP contribution in [-0.2, 0) is 25.3 Å². The Balaban J connectivity index is 1.72. The Morgan fingerprint density at radius 3 is 2.52 bits per heavy atom. The van der Waals surface area contributed by atoms with E-state index in [-0.39, 0.29) is 36.6 Å². The summed E-state index contributed by atoms with van der Waals surface area (Å²) in [6.07, 6.45) is 0. The van der Waals surface area contributed by atoms with Gasteiger partial charge in [-0.25, -0.2) is 18.2 Å². The molecule has 1 amide bonds. The fraction of sp³-hybridized carbons (Fsp3) is 0.364. The summed E-state index contributed by atoms with van der Waals surface area (Å²) in [4.78, 5) is 32.6. The van der Waals surface area contributed by atoms with Crippen LogP contribution in [0.1, 0.15) is 28.4 Å². The van der Waals surface area contributed by atoms with Gasteiger partial charge in [-0.2, -0.15) is 5.26 Å². The van der Waals surface area contributed by atoms with Gasteiger partial charge in [-0.3, -0.25) is 9.52 Å². The molecule has 0 unspecified atom stereocenters. The molecule has 0 spiro atoms. The second kappa shape index (κ2) is 9.87. The number of hydrogen-bond acceptors (Lipinski definition) is 9. The standard InChI is InChI=1S/C22H25N5O5S/c1-4-32-22(29)18-10-16(11-23)19(24-20(18)26(2)3)27-12-17(13-27)21(28)25-33(30,31)14-15-8-6-5-7-9-15/h5-10,17H,4,12-14H2,1-3H3,(H,25,28). The minimum Gasteiger partial charge on any atom is -0.462 e. The van der Waals surface area contributed by atoms with Gasteiger partial charge in [0.15, 0.2) is 0 Å². The van der Waals surface area contributed by atoms with Crippen LogP contribution in [0.5, 0.6) is 0 Å². The summed E-state index contributed by atoms with van der Waals surface area (Å²) in [5.41, 5.74) is 0.914. The summed E-state index contributed by atoms with van der Waals surface area (Å²) in [7, 11) is -0.406. The van der Waals surface area contributed by atoms with Crippen LogP contribution in [0.4, 0.5) is 11.6 Å². The highest BCUT2D eigenvalue weighted by Gasteiger charge is 2.37. The molecule has 174 valence electrons. The van der Waals surface area contributed by atoms with E-state index >= 15 is 0 Å². The van der Waals surface area contributed by atoms with E-state index in [0.29, 0.717) is 17.2 Å². The van der Waals surface area contributed by atoms with Crippen molar-refractivity contribution in [2.75, 3.05) is 43.6 Å². The monoisotopic (exact) mass is 471 g/mol. The van der Waals surface area contributed by atoms with Gasteiger partial charge in [0.1, 0.15) is 23.3 Å². The number of nitriles is 1. The number of amides is 1. The molecule has 1 aromatic carbocycles. The lowest BCUT2D eigenvalue weighted by Gasteiger charge is -2.39. The van der Waals surface area contributed by atoms with E-state index < -0.39 is 27.8 Å². The smallest absolute Gasteiger partial charge is 0.341 e. The maximum atomic E-state index is 12.5. The van der Waals surface area contributed by atoms with Gasteiger partial charge in [-0.1, -0.05) is 30.3 Å². The van der Waals surface area contributed by atoms with Gasteiger partial charge in [-0.15, -0.1) is 0 Å². The fourth-order valence-corrected chi connectivity index (χ4v) is 4.58. The summed E-state index contributed by atoms with van der Waals surface area (Å²) in [5, 5.41) is 9.58. The van der Waals surface area contributed by atoms with Crippen molar-refractivity contribution in [3.63, 3.8) is 0 Å². The zero-order chi connectivity index (χ0) is 24.2. The van der Waals surface area contributed by atoms with E-state index in [1.807, 2.05) is 6.07 Å². The van der Waals surface area contributed by atoms with Crippen LogP contribution in [0.25, 0.3) is 0 Å². The van der Waals surface area contributed by atoms with Crippen LogP contribution in [0, 0.1) is 17.2 Å². The zero-order valence-electron chi connectivity index (χ0n) is 18.6. The predicted molar refractivity (Wildman–Crippen MR) is 122 cm³/mol. The van der Waals surface area contributed by atoms with Gasteiger partial charge in [0.2, 0.25) is 15.9 Å². The van der Waals surface area contributed by atoms with Crippen LogP contribution in [-0.4, -0.2) is 59.1 Å². The van der Waals surface area contributed by atoms with Crippen molar-refractivity contribution < 1.29 is 22.7 Å². The second-order valence-corrected chi connectivity index (χ2v) is 9.49. The number of anilines is 2. The first-order valence-electron chi connectivity index (χ1n) is 10.3. The lowest BCUT2D eigenvalue weighted by atomic mass is 9.98. The van der Waals surface area contributed by atoms with Crippen LogP contribution in [0.15, 0.2) is 36.4 Å². The van der Waals surface area contributed by atoms with E-state index in [4.69, 9.17) is 4.74 Å². The minimum atomic E-state index is -3.83. The molecule has 0 atom stereocenters. The third-order valence-electron chi connectivity index (χ3n) is 5.03. The summed E-state index contributed by atoms with van der Waals surface area (Å²) in [5.74, 6) is -1.39. The third kappa shape index (κ3) is 5.59. The number of benzene rings is 1. The first-order valence-corrected chi connectivity index (χ1v) is 11.9. The molecule has 3 rings (SSSR count). The van der Waals surface area contributed by atoms with Crippen LogP contribution in [0.3, 0.4) is 0 Å². The molecule has 1 saturated heterocycles. The molecule has 0 bridgehead atoms. The Hall–Kier alpha value is -3.65.